The molecule has 3 N–H and O–H groups in total. The van der Waals surface area contributed by atoms with Gasteiger partial charge >= 0.3 is 0 Å². The quantitative estimate of drug-likeness (QED) is 0.506. The monoisotopic (exact) mass is 118 g/mol. The van der Waals surface area contributed by atoms with E-state index in [1.165, 1.54) is 0 Å². The highest BCUT2D eigenvalue weighted by Crippen LogP contribution is 1.74. The Kier molecular flexibility index (Phi) is 4.95. The van der Waals surface area contributed by atoms with Gasteiger partial charge in [0.05, 0.1) is 6.61 Å². The molecule has 8 heavy (non-hydrogen) atoms. The van der Waals surface area contributed by atoms with Crippen molar-refractivity contribution in [2.75, 3.05) is 13.2 Å². The van der Waals surface area contributed by atoms with Crippen LogP contribution in [-0.4, -0.2) is 19.2 Å². The number of hydrogen-bond donors (Lipinski definition) is 2. The zero-order chi connectivity index (χ0) is 6.41. The van der Waals surface area contributed by atoms with Gasteiger partial charge in [-0.1, -0.05) is 0 Å². The van der Waals surface area contributed by atoms with Gasteiger partial charge in [-0.15, -0.1) is 0 Å². The van der Waals surface area contributed by atoms with Crippen molar-refractivity contribution >= 4 is 0 Å². The van der Waals surface area contributed by atoms with Crippen LogP contribution in [0.4, 0.5) is 0 Å². The summed E-state index contributed by atoms with van der Waals surface area (Å²) in [5.41, 5.74) is 8.03. The summed E-state index contributed by atoms with van der Waals surface area (Å²) in [7, 11) is 0. The lowest BCUT2D eigenvalue weighted by Crippen LogP contribution is -2.33. The first kappa shape index (κ1) is 7.88. The molecule has 0 saturated heterocycles. The molecule has 3 heteroatoms. The number of hydrogen-bond acceptors (Lipinski definition) is 3. The summed E-state index contributed by atoms with van der Waals surface area (Å²) in [5, 5.41) is 0. The molecule has 0 amide bonds. The van der Waals surface area contributed by atoms with Gasteiger partial charge in [0.2, 0.25) is 0 Å². The molecule has 0 aliphatic heterocycles. The number of rotatable bonds is 4. The largest absolute Gasteiger partial charge is 0.329 e. The summed E-state index contributed by atoms with van der Waals surface area (Å²) in [4.78, 5) is 4.86. The van der Waals surface area contributed by atoms with Crippen LogP contribution in [0.1, 0.15) is 13.8 Å². The van der Waals surface area contributed by atoms with E-state index in [-0.39, 0.29) is 6.04 Å². The van der Waals surface area contributed by atoms with Crippen LogP contribution in [0.3, 0.4) is 0 Å². The Morgan fingerprint density at radius 2 is 2.38 bits per heavy atom. The van der Waals surface area contributed by atoms with Gasteiger partial charge in [0, 0.05) is 12.6 Å². The maximum absolute atomic E-state index is 5.27. The van der Waals surface area contributed by atoms with Crippen LogP contribution < -0.4 is 11.2 Å². The van der Waals surface area contributed by atoms with E-state index in [1.54, 1.807) is 0 Å². The fourth-order valence-corrected chi connectivity index (χ4v) is 0.274. The molecule has 0 aromatic rings. The second-order valence-electron chi connectivity index (χ2n) is 1.69. The van der Waals surface area contributed by atoms with Crippen LogP contribution in [-0.2, 0) is 4.84 Å². The van der Waals surface area contributed by atoms with Crippen LogP contribution in [0.5, 0.6) is 0 Å². The number of nitrogens with one attached hydrogen (secondary N) is 1. The van der Waals surface area contributed by atoms with E-state index in [9.17, 15) is 0 Å². The van der Waals surface area contributed by atoms with E-state index < -0.39 is 0 Å². The normalized spacial score (nSPS) is 13.9. The molecule has 0 aromatic carbocycles. The molecule has 0 aliphatic carbocycles. The molecule has 1 unspecified atom stereocenters. The second-order valence-corrected chi connectivity index (χ2v) is 1.69. The fourth-order valence-electron chi connectivity index (χ4n) is 0.274. The second kappa shape index (κ2) is 5.03. The Morgan fingerprint density at radius 3 is 2.75 bits per heavy atom. The van der Waals surface area contributed by atoms with E-state index in [1.807, 2.05) is 13.8 Å². The van der Waals surface area contributed by atoms with E-state index >= 15 is 0 Å². The van der Waals surface area contributed by atoms with Crippen LogP contribution in [0.25, 0.3) is 0 Å². The minimum Gasteiger partial charge on any atom is -0.329 e. The Bertz CT molecular complexity index is 49.7. The van der Waals surface area contributed by atoms with E-state index in [2.05, 4.69) is 5.48 Å². The van der Waals surface area contributed by atoms with Gasteiger partial charge in [-0.05, 0) is 13.8 Å². The third kappa shape index (κ3) is 4.05. The van der Waals surface area contributed by atoms with E-state index in [0.29, 0.717) is 13.2 Å². The molecule has 0 aliphatic rings. The molecule has 0 aromatic heterocycles. The Morgan fingerprint density at radius 1 is 1.75 bits per heavy atom. The molecule has 0 radical (unpaired) electrons. The third-order valence-corrected chi connectivity index (χ3v) is 0.782. The molecule has 0 heterocycles. The Hall–Kier alpha value is -0.120. The number of hydroxylamine groups is 1. The van der Waals surface area contributed by atoms with Gasteiger partial charge in [-0.25, -0.2) is 0 Å². The van der Waals surface area contributed by atoms with Crippen molar-refractivity contribution in [3.8, 4) is 0 Å². The minimum atomic E-state index is 0.259. The molecule has 50 valence electrons. The third-order valence-electron chi connectivity index (χ3n) is 0.782. The SMILES string of the molecule is CCONC(C)CN. The van der Waals surface area contributed by atoms with Crippen LogP contribution >= 0.6 is 0 Å². The zero-order valence-electron chi connectivity index (χ0n) is 5.48. The van der Waals surface area contributed by atoms with Crippen molar-refractivity contribution in [3.63, 3.8) is 0 Å². The Balaban J connectivity index is 2.86. The molecule has 0 fully saturated rings. The fraction of sp³-hybridized carbons (Fsp3) is 1.00. The summed E-state index contributed by atoms with van der Waals surface area (Å²) in [6, 6.07) is 0.259. The molecule has 0 spiro atoms. The first-order valence-corrected chi connectivity index (χ1v) is 2.88. The van der Waals surface area contributed by atoms with Crippen LogP contribution in [0, 0.1) is 0 Å². The van der Waals surface area contributed by atoms with Crippen molar-refractivity contribution in [3.05, 3.63) is 0 Å². The van der Waals surface area contributed by atoms with Crippen molar-refractivity contribution in [1.29, 1.82) is 0 Å². The Labute approximate surface area is 50.2 Å². The summed E-state index contributed by atoms with van der Waals surface area (Å²) in [5.74, 6) is 0. The van der Waals surface area contributed by atoms with E-state index in [0.717, 1.165) is 0 Å². The first-order chi connectivity index (χ1) is 3.81. The molecule has 1 atom stereocenters. The topological polar surface area (TPSA) is 47.3 Å². The van der Waals surface area contributed by atoms with E-state index in [4.69, 9.17) is 10.6 Å². The van der Waals surface area contributed by atoms with Crippen molar-refractivity contribution in [1.82, 2.24) is 5.48 Å². The molecular formula is C5H14N2O. The highest BCUT2D eigenvalue weighted by atomic mass is 16.6. The summed E-state index contributed by atoms with van der Waals surface area (Å²) >= 11 is 0. The minimum absolute atomic E-state index is 0.259. The summed E-state index contributed by atoms with van der Waals surface area (Å²) in [6.07, 6.45) is 0. The predicted molar refractivity (Wildman–Crippen MR) is 33.3 cm³/mol. The van der Waals surface area contributed by atoms with Gasteiger partial charge in [-0.3, -0.25) is 0 Å². The lowest BCUT2D eigenvalue weighted by Gasteiger charge is -2.08. The van der Waals surface area contributed by atoms with Gasteiger partial charge in [0.1, 0.15) is 0 Å². The van der Waals surface area contributed by atoms with Gasteiger partial charge in [0.25, 0.3) is 0 Å². The first-order valence-electron chi connectivity index (χ1n) is 2.88. The smallest absolute Gasteiger partial charge is 0.0654 e. The molecule has 0 bridgehead atoms. The average Bonchev–Trinajstić information content (AvgIpc) is 1.83. The number of nitrogens with two attached hydrogens (primary N) is 1. The highest BCUT2D eigenvalue weighted by Gasteiger charge is 1.93. The lowest BCUT2D eigenvalue weighted by molar-refractivity contribution is 0.0309. The van der Waals surface area contributed by atoms with Gasteiger partial charge in [-0.2, -0.15) is 5.48 Å². The van der Waals surface area contributed by atoms with Crippen LogP contribution in [0.2, 0.25) is 0 Å². The molecule has 3 nitrogen and oxygen atoms in total. The van der Waals surface area contributed by atoms with Crippen molar-refractivity contribution in [2.24, 2.45) is 5.73 Å². The molecule has 0 rings (SSSR count). The maximum atomic E-state index is 5.27. The lowest BCUT2D eigenvalue weighted by atomic mass is 10.4. The van der Waals surface area contributed by atoms with Gasteiger partial charge < -0.3 is 10.6 Å². The van der Waals surface area contributed by atoms with Crippen molar-refractivity contribution in [2.45, 2.75) is 19.9 Å². The van der Waals surface area contributed by atoms with Crippen molar-refractivity contribution < 1.29 is 4.84 Å². The van der Waals surface area contributed by atoms with Crippen LogP contribution in [0.15, 0.2) is 0 Å². The predicted octanol–water partition coefficient (Wildman–Crippen LogP) is -0.125. The zero-order valence-corrected chi connectivity index (χ0v) is 5.48. The molecule has 0 saturated carbocycles. The standard InChI is InChI=1S/C5H14N2O/c1-3-8-7-5(2)4-6/h5,7H,3-4,6H2,1-2H3. The molecular weight excluding hydrogens is 104 g/mol. The highest BCUT2D eigenvalue weighted by molar-refractivity contribution is 4.51. The summed E-state index contributed by atoms with van der Waals surface area (Å²) in [6.45, 7) is 5.19. The summed E-state index contributed by atoms with van der Waals surface area (Å²) < 4.78 is 0. The van der Waals surface area contributed by atoms with Gasteiger partial charge in [0.15, 0.2) is 0 Å². The maximum Gasteiger partial charge on any atom is 0.0654 e. The average molecular weight is 118 g/mol.